The summed E-state index contributed by atoms with van der Waals surface area (Å²) in [4.78, 5) is 23.9. The zero-order valence-electron chi connectivity index (χ0n) is 15.7. The lowest BCUT2D eigenvalue weighted by Gasteiger charge is -2.08. The van der Waals surface area contributed by atoms with Crippen LogP contribution in [-0.2, 0) is 11.3 Å². The van der Waals surface area contributed by atoms with Crippen molar-refractivity contribution in [2.45, 2.75) is 13.5 Å². The molecule has 2 amide bonds. The summed E-state index contributed by atoms with van der Waals surface area (Å²) in [5, 5.41) is 5.56. The fourth-order valence-electron chi connectivity index (χ4n) is 2.46. The molecule has 27 heavy (non-hydrogen) atoms. The number of hydrogen-bond donors (Lipinski definition) is 2. The Kier molecular flexibility index (Phi) is 7.43. The maximum atomic E-state index is 12.1. The molecule has 0 saturated heterocycles. The summed E-state index contributed by atoms with van der Waals surface area (Å²) in [6.45, 7) is 2.77. The average molecular weight is 368 g/mol. The minimum atomic E-state index is -0.229. The van der Waals surface area contributed by atoms with E-state index >= 15 is 0 Å². The van der Waals surface area contributed by atoms with Gasteiger partial charge in [-0.15, -0.1) is 0 Å². The van der Waals surface area contributed by atoms with Gasteiger partial charge >= 0.3 is 0 Å². The molecular weight excluding hydrogens is 344 g/mol. The van der Waals surface area contributed by atoms with Gasteiger partial charge in [0, 0.05) is 24.7 Å². The molecule has 142 valence electrons. The van der Waals surface area contributed by atoms with Crippen LogP contribution in [0, 0.1) is 0 Å². The van der Waals surface area contributed by atoms with Gasteiger partial charge in [0.2, 0.25) is 5.91 Å². The van der Waals surface area contributed by atoms with Crippen LogP contribution in [0.15, 0.2) is 48.5 Å². The predicted molar refractivity (Wildman–Crippen MR) is 105 cm³/mol. The molecule has 6 heteroatoms. The number of ether oxygens (including phenoxy) is 2. The van der Waals surface area contributed by atoms with E-state index in [1.54, 1.807) is 50.6 Å². The molecule has 0 heterocycles. The van der Waals surface area contributed by atoms with E-state index in [0.29, 0.717) is 30.2 Å². The Balaban J connectivity index is 1.95. The van der Waals surface area contributed by atoms with E-state index in [1.807, 2.05) is 19.1 Å². The van der Waals surface area contributed by atoms with Gasteiger partial charge in [-0.3, -0.25) is 9.59 Å². The molecule has 0 aromatic heterocycles. The van der Waals surface area contributed by atoms with Crippen molar-refractivity contribution in [3.05, 3.63) is 65.2 Å². The fraction of sp³-hybridized carbons (Fsp3) is 0.238. The van der Waals surface area contributed by atoms with E-state index in [4.69, 9.17) is 9.47 Å². The number of benzene rings is 2. The maximum absolute atomic E-state index is 12.1. The highest BCUT2D eigenvalue weighted by atomic mass is 16.5. The monoisotopic (exact) mass is 368 g/mol. The van der Waals surface area contributed by atoms with Crippen molar-refractivity contribution in [3.63, 3.8) is 0 Å². The number of carbonyl (C=O) groups excluding carboxylic acids is 2. The maximum Gasteiger partial charge on any atom is 0.251 e. The van der Waals surface area contributed by atoms with Gasteiger partial charge < -0.3 is 20.1 Å². The van der Waals surface area contributed by atoms with Crippen molar-refractivity contribution >= 4 is 17.9 Å². The largest absolute Gasteiger partial charge is 0.493 e. The summed E-state index contributed by atoms with van der Waals surface area (Å²) in [5.74, 6) is 0.876. The molecular formula is C21H24N2O4. The van der Waals surface area contributed by atoms with Crippen LogP contribution < -0.4 is 20.1 Å². The van der Waals surface area contributed by atoms with E-state index < -0.39 is 0 Å². The highest BCUT2D eigenvalue weighted by molar-refractivity contribution is 5.94. The van der Waals surface area contributed by atoms with Crippen LogP contribution in [0.2, 0.25) is 0 Å². The second-order valence-electron chi connectivity index (χ2n) is 5.73. The minimum Gasteiger partial charge on any atom is -0.493 e. The van der Waals surface area contributed by atoms with Crippen LogP contribution in [0.25, 0.3) is 6.08 Å². The second kappa shape index (κ2) is 10.0. The van der Waals surface area contributed by atoms with E-state index in [-0.39, 0.29) is 11.8 Å². The van der Waals surface area contributed by atoms with Crippen molar-refractivity contribution < 1.29 is 19.1 Å². The Hall–Kier alpha value is -3.28. The lowest BCUT2D eigenvalue weighted by molar-refractivity contribution is -0.116. The number of nitrogens with one attached hydrogen (secondary N) is 2. The molecule has 0 saturated carbocycles. The summed E-state index contributed by atoms with van der Waals surface area (Å²) >= 11 is 0. The third kappa shape index (κ3) is 5.88. The topological polar surface area (TPSA) is 76.7 Å². The normalized spacial score (nSPS) is 10.5. The third-order valence-corrected chi connectivity index (χ3v) is 3.83. The molecule has 0 aliphatic carbocycles. The molecule has 0 radical (unpaired) electrons. The van der Waals surface area contributed by atoms with E-state index in [1.165, 1.54) is 6.08 Å². The summed E-state index contributed by atoms with van der Waals surface area (Å²) < 4.78 is 10.4. The van der Waals surface area contributed by atoms with Crippen LogP contribution in [-0.4, -0.2) is 32.6 Å². The molecule has 0 aliphatic heterocycles. The van der Waals surface area contributed by atoms with Gasteiger partial charge in [0.15, 0.2) is 11.5 Å². The van der Waals surface area contributed by atoms with E-state index in [2.05, 4.69) is 10.6 Å². The van der Waals surface area contributed by atoms with Crippen molar-refractivity contribution in [3.8, 4) is 11.5 Å². The van der Waals surface area contributed by atoms with Crippen molar-refractivity contribution in [1.29, 1.82) is 0 Å². The zero-order chi connectivity index (χ0) is 19.6. The molecule has 0 atom stereocenters. The van der Waals surface area contributed by atoms with Crippen LogP contribution in [0.5, 0.6) is 11.5 Å². The molecule has 2 aromatic carbocycles. The van der Waals surface area contributed by atoms with Crippen molar-refractivity contribution in [2.24, 2.45) is 0 Å². The minimum absolute atomic E-state index is 0.126. The molecule has 0 fully saturated rings. The molecule has 0 unspecified atom stereocenters. The third-order valence-electron chi connectivity index (χ3n) is 3.83. The molecule has 0 bridgehead atoms. The molecule has 2 N–H and O–H groups in total. The summed E-state index contributed by atoms with van der Waals surface area (Å²) in [7, 11) is 3.13. The Morgan fingerprint density at radius 2 is 1.78 bits per heavy atom. The SMILES string of the molecule is CCNC(=O)c1cccc(CNC(=O)C=Cc2ccc(OC)c(OC)c2)c1. The van der Waals surface area contributed by atoms with Crippen molar-refractivity contribution in [1.82, 2.24) is 10.6 Å². The quantitative estimate of drug-likeness (QED) is 0.703. The highest BCUT2D eigenvalue weighted by Crippen LogP contribution is 2.27. The first-order valence-electron chi connectivity index (χ1n) is 8.62. The first kappa shape index (κ1) is 20.0. The Bertz CT molecular complexity index is 831. The Morgan fingerprint density at radius 1 is 1.00 bits per heavy atom. The summed E-state index contributed by atoms with van der Waals surface area (Å²) in [6, 6.07) is 12.6. The van der Waals surface area contributed by atoms with Gasteiger partial charge in [-0.2, -0.15) is 0 Å². The first-order chi connectivity index (χ1) is 13.1. The van der Waals surface area contributed by atoms with Crippen molar-refractivity contribution in [2.75, 3.05) is 20.8 Å². The summed E-state index contributed by atoms with van der Waals surface area (Å²) in [6.07, 6.45) is 3.15. The van der Waals surface area contributed by atoms with Crippen LogP contribution in [0.4, 0.5) is 0 Å². The standard InChI is InChI=1S/C21H24N2O4/c1-4-22-21(25)17-7-5-6-16(12-17)14-23-20(24)11-9-15-8-10-18(26-2)19(13-15)27-3/h5-13H,4,14H2,1-3H3,(H,22,25)(H,23,24). The number of hydrogen-bond acceptors (Lipinski definition) is 4. The molecule has 2 aromatic rings. The molecule has 0 aliphatic rings. The molecule has 2 rings (SSSR count). The number of carbonyl (C=O) groups is 2. The second-order valence-corrected chi connectivity index (χ2v) is 5.73. The van der Waals surface area contributed by atoms with Gasteiger partial charge in [0.25, 0.3) is 5.91 Å². The Labute approximate surface area is 159 Å². The lowest BCUT2D eigenvalue weighted by Crippen LogP contribution is -2.23. The zero-order valence-corrected chi connectivity index (χ0v) is 15.7. The van der Waals surface area contributed by atoms with E-state index in [0.717, 1.165) is 11.1 Å². The van der Waals surface area contributed by atoms with Gasteiger partial charge in [-0.05, 0) is 48.4 Å². The van der Waals surface area contributed by atoms with Gasteiger partial charge in [0.1, 0.15) is 0 Å². The van der Waals surface area contributed by atoms with E-state index in [9.17, 15) is 9.59 Å². The van der Waals surface area contributed by atoms with Crippen LogP contribution in [0.3, 0.4) is 0 Å². The van der Waals surface area contributed by atoms with Gasteiger partial charge in [0.05, 0.1) is 14.2 Å². The summed E-state index contributed by atoms with van der Waals surface area (Å²) in [5.41, 5.74) is 2.25. The fourth-order valence-corrected chi connectivity index (χ4v) is 2.46. The number of methoxy groups -OCH3 is 2. The smallest absolute Gasteiger partial charge is 0.251 e. The Morgan fingerprint density at radius 3 is 2.48 bits per heavy atom. The van der Waals surface area contributed by atoms with Crippen LogP contribution in [0.1, 0.15) is 28.4 Å². The van der Waals surface area contributed by atoms with Gasteiger partial charge in [-0.1, -0.05) is 18.2 Å². The first-order valence-corrected chi connectivity index (χ1v) is 8.62. The van der Waals surface area contributed by atoms with Gasteiger partial charge in [-0.25, -0.2) is 0 Å². The average Bonchev–Trinajstić information content (AvgIpc) is 2.70. The van der Waals surface area contributed by atoms with Crippen LogP contribution >= 0.6 is 0 Å². The molecule has 0 spiro atoms. The number of amides is 2. The lowest BCUT2D eigenvalue weighted by atomic mass is 10.1. The highest BCUT2D eigenvalue weighted by Gasteiger charge is 2.06. The number of rotatable bonds is 8. The molecule has 6 nitrogen and oxygen atoms in total. The predicted octanol–water partition coefficient (Wildman–Crippen LogP) is 2.78.